The SMILES string of the molecule is C=CC(=C)[C@]1(OC)O[C@H](CO)[C@@H](O)[C@H](O)[C@H]1O. The normalized spacial score (nSPS) is 42.2. The van der Waals surface area contributed by atoms with Gasteiger partial charge in [-0.3, -0.25) is 0 Å². The van der Waals surface area contributed by atoms with E-state index in [2.05, 4.69) is 13.2 Å². The van der Waals surface area contributed by atoms with Crippen LogP contribution in [0.25, 0.3) is 0 Å². The van der Waals surface area contributed by atoms with Crippen LogP contribution in [-0.2, 0) is 9.47 Å². The highest BCUT2D eigenvalue weighted by molar-refractivity contribution is 5.25. The van der Waals surface area contributed by atoms with Gasteiger partial charge in [-0.1, -0.05) is 19.2 Å². The molecule has 1 aliphatic heterocycles. The molecule has 1 heterocycles. The minimum Gasteiger partial charge on any atom is -0.394 e. The summed E-state index contributed by atoms with van der Waals surface area (Å²) in [6.45, 7) is 6.57. The Bertz CT molecular complexity index is 302. The Kier molecular flexibility index (Phi) is 4.42. The number of ether oxygens (including phenoxy) is 2. The lowest BCUT2D eigenvalue weighted by atomic mass is 9.88. The molecule has 1 aliphatic rings. The first-order chi connectivity index (χ1) is 7.94. The Labute approximate surface area is 99.4 Å². The zero-order valence-electron chi connectivity index (χ0n) is 9.61. The third kappa shape index (κ3) is 2.15. The molecule has 98 valence electrons. The molecule has 6 heteroatoms. The van der Waals surface area contributed by atoms with Gasteiger partial charge >= 0.3 is 0 Å². The van der Waals surface area contributed by atoms with Crippen molar-refractivity contribution in [2.45, 2.75) is 30.2 Å². The van der Waals surface area contributed by atoms with E-state index in [1.807, 2.05) is 0 Å². The first kappa shape index (κ1) is 14.3. The highest BCUT2D eigenvalue weighted by Crippen LogP contribution is 2.36. The number of aliphatic hydroxyl groups excluding tert-OH is 4. The van der Waals surface area contributed by atoms with Gasteiger partial charge in [-0.25, -0.2) is 0 Å². The van der Waals surface area contributed by atoms with Crippen molar-refractivity contribution in [1.82, 2.24) is 0 Å². The fourth-order valence-electron chi connectivity index (χ4n) is 1.85. The molecular formula is C11H18O6. The first-order valence-electron chi connectivity index (χ1n) is 5.14. The van der Waals surface area contributed by atoms with Crippen LogP contribution in [0.2, 0.25) is 0 Å². The summed E-state index contributed by atoms with van der Waals surface area (Å²) in [5.41, 5.74) is 0.192. The lowest BCUT2D eigenvalue weighted by molar-refractivity contribution is -0.338. The maximum atomic E-state index is 9.92. The topological polar surface area (TPSA) is 99.4 Å². The van der Waals surface area contributed by atoms with Crippen LogP contribution in [0.15, 0.2) is 24.8 Å². The fraction of sp³-hybridized carbons (Fsp3) is 0.636. The highest BCUT2D eigenvalue weighted by atomic mass is 16.7. The van der Waals surface area contributed by atoms with E-state index in [0.29, 0.717) is 0 Å². The molecule has 0 aromatic rings. The van der Waals surface area contributed by atoms with E-state index in [4.69, 9.17) is 14.6 Å². The number of aliphatic hydroxyl groups is 4. The molecule has 0 amide bonds. The summed E-state index contributed by atoms with van der Waals surface area (Å²) in [4.78, 5) is 0. The Morgan fingerprint density at radius 3 is 2.41 bits per heavy atom. The Hall–Kier alpha value is -0.760. The third-order valence-electron chi connectivity index (χ3n) is 2.95. The second kappa shape index (κ2) is 5.26. The van der Waals surface area contributed by atoms with E-state index in [1.54, 1.807) is 0 Å². The molecule has 0 aliphatic carbocycles. The van der Waals surface area contributed by atoms with Crippen LogP contribution < -0.4 is 0 Å². The fourth-order valence-corrected chi connectivity index (χ4v) is 1.85. The van der Waals surface area contributed by atoms with Gasteiger partial charge < -0.3 is 29.9 Å². The summed E-state index contributed by atoms with van der Waals surface area (Å²) >= 11 is 0. The number of hydrogen-bond acceptors (Lipinski definition) is 6. The van der Waals surface area contributed by atoms with E-state index < -0.39 is 36.8 Å². The summed E-state index contributed by atoms with van der Waals surface area (Å²) in [7, 11) is 1.26. The van der Waals surface area contributed by atoms with Crippen LogP contribution in [0.3, 0.4) is 0 Å². The van der Waals surface area contributed by atoms with Gasteiger partial charge in [0.2, 0.25) is 5.79 Å². The maximum Gasteiger partial charge on any atom is 0.224 e. The molecule has 1 fully saturated rings. The molecule has 0 bridgehead atoms. The van der Waals surface area contributed by atoms with E-state index in [-0.39, 0.29) is 5.57 Å². The second-order valence-electron chi connectivity index (χ2n) is 3.87. The van der Waals surface area contributed by atoms with Crippen molar-refractivity contribution in [3.8, 4) is 0 Å². The third-order valence-corrected chi connectivity index (χ3v) is 2.95. The van der Waals surface area contributed by atoms with Gasteiger partial charge in [0.15, 0.2) is 0 Å². The smallest absolute Gasteiger partial charge is 0.224 e. The minimum absolute atomic E-state index is 0.192. The zero-order valence-corrected chi connectivity index (χ0v) is 9.61. The molecular weight excluding hydrogens is 228 g/mol. The largest absolute Gasteiger partial charge is 0.394 e. The molecule has 17 heavy (non-hydrogen) atoms. The number of hydrogen-bond donors (Lipinski definition) is 4. The monoisotopic (exact) mass is 246 g/mol. The van der Waals surface area contributed by atoms with Crippen molar-refractivity contribution in [2.75, 3.05) is 13.7 Å². The summed E-state index contributed by atoms with van der Waals surface area (Å²) in [5.74, 6) is -1.71. The molecule has 4 N–H and O–H groups in total. The molecule has 0 aromatic heterocycles. The minimum atomic E-state index is -1.71. The Morgan fingerprint density at radius 2 is 2.00 bits per heavy atom. The molecule has 6 nitrogen and oxygen atoms in total. The van der Waals surface area contributed by atoms with Crippen LogP contribution in [-0.4, -0.2) is 64.3 Å². The van der Waals surface area contributed by atoms with Crippen molar-refractivity contribution >= 4 is 0 Å². The standard InChI is InChI=1S/C11H18O6/c1-4-6(2)11(16-3)10(15)9(14)8(13)7(5-12)17-11/h4,7-10,12-15H,1-2,5H2,3H3/t7-,8-,9+,10-,11+/m1/s1. The van der Waals surface area contributed by atoms with E-state index in [0.717, 1.165) is 0 Å². The van der Waals surface area contributed by atoms with Crippen molar-refractivity contribution in [2.24, 2.45) is 0 Å². The molecule has 0 radical (unpaired) electrons. The molecule has 0 saturated carbocycles. The van der Waals surface area contributed by atoms with Crippen molar-refractivity contribution in [3.63, 3.8) is 0 Å². The average molecular weight is 246 g/mol. The lowest BCUT2D eigenvalue weighted by Gasteiger charge is -2.47. The molecule has 0 spiro atoms. The van der Waals surface area contributed by atoms with Gasteiger partial charge in [-0.2, -0.15) is 0 Å². The average Bonchev–Trinajstić information content (AvgIpc) is 2.36. The van der Waals surface area contributed by atoms with Crippen LogP contribution in [0.5, 0.6) is 0 Å². The molecule has 0 aromatic carbocycles. The van der Waals surface area contributed by atoms with E-state index in [1.165, 1.54) is 13.2 Å². The van der Waals surface area contributed by atoms with E-state index in [9.17, 15) is 15.3 Å². The van der Waals surface area contributed by atoms with Crippen molar-refractivity contribution < 1.29 is 29.9 Å². The Balaban J connectivity index is 3.12. The zero-order chi connectivity index (χ0) is 13.2. The van der Waals surface area contributed by atoms with Crippen molar-refractivity contribution in [1.29, 1.82) is 0 Å². The van der Waals surface area contributed by atoms with Gasteiger partial charge in [0.25, 0.3) is 0 Å². The summed E-state index contributed by atoms with van der Waals surface area (Å²) in [6, 6.07) is 0. The van der Waals surface area contributed by atoms with Crippen LogP contribution in [0.1, 0.15) is 0 Å². The molecule has 1 rings (SSSR count). The molecule has 5 atom stereocenters. The summed E-state index contributed by atoms with van der Waals surface area (Å²) < 4.78 is 10.4. The van der Waals surface area contributed by atoms with Gasteiger partial charge in [0.1, 0.15) is 24.4 Å². The predicted molar refractivity (Wildman–Crippen MR) is 59.1 cm³/mol. The number of rotatable bonds is 4. The highest BCUT2D eigenvalue weighted by Gasteiger charge is 2.54. The van der Waals surface area contributed by atoms with Crippen LogP contribution in [0.4, 0.5) is 0 Å². The maximum absolute atomic E-state index is 9.92. The van der Waals surface area contributed by atoms with Crippen LogP contribution in [0, 0.1) is 0 Å². The van der Waals surface area contributed by atoms with Gasteiger partial charge in [0, 0.05) is 12.7 Å². The summed E-state index contributed by atoms with van der Waals surface area (Å²) in [5, 5.41) is 38.3. The summed E-state index contributed by atoms with van der Waals surface area (Å²) in [6.07, 6.45) is -4.22. The Morgan fingerprint density at radius 1 is 1.41 bits per heavy atom. The second-order valence-corrected chi connectivity index (χ2v) is 3.87. The molecule has 0 unspecified atom stereocenters. The first-order valence-corrected chi connectivity index (χ1v) is 5.14. The quantitative estimate of drug-likeness (QED) is 0.453. The van der Waals surface area contributed by atoms with Crippen LogP contribution >= 0.6 is 0 Å². The van der Waals surface area contributed by atoms with Gasteiger partial charge in [0.05, 0.1) is 6.61 Å². The van der Waals surface area contributed by atoms with Gasteiger partial charge in [-0.05, 0) is 0 Å². The predicted octanol–water partition coefficient (Wildman–Crippen LogP) is -1.45. The van der Waals surface area contributed by atoms with E-state index >= 15 is 0 Å². The van der Waals surface area contributed by atoms with Gasteiger partial charge in [-0.15, -0.1) is 0 Å². The number of methoxy groups -OCH3 is 1. The molecule has 1 saturated heterocycles. The lowest BCUT2D eigenvalue weighted by Crippen LogP contribution is -2.66. The van der Waals surface area contributed by atoms with Crippen molar-refractivity contribution in [3.05, 3.63) is 24.8 Å².